The molecule has 1 heterocycles. The first-order valence-electron chi connectivity index (χ1n) is 6.13. The molecule has 0 saturated carbocycles. The van der Waals surface area contributed by atoms with E-state index < -0.39 is 11.8 Å². The highest BCUT2D eigenvalue weighted by Crippen LogP contribution is 2.16. The third-order valence-electron chi connectivity index (χ3n) is 2.82. The molecule has 0 fully saturated rings. The molecule has 0 aliphatic rings. The van der Waals surface area contributed by atoms with Crippen LogP contribution in [-0.4, -0.2) is 18.1 Å². The van der Waals surface area contributed by atoms with Gasteiger partial charge < -0.3 is 10.1 Å². The molecule has 0 saturated heterocycles. The first-order chi connectivity index (χ1) is 9.60. The Balaban J connectivity index is 2.10. The van der Waals surface area contributed by atoms with Crippen LogP contribution in [0.5, 0.6) is 0 Å². The van der Waals surface area contributed by atoms with Gasteiger partial charge in [0.2, 0.25) is 0 Å². The van der Waals surface area contributed by atoms with Crippen LogP contribution in [0.1, 0.15) is 21.6 Å². The molecule has 1 aromatic carbocycles. The standard InChI is InChI=1S/C15H15FN2O2/c1-10-3-4-12(17-8-10)9-18-11-5-6-14(16)13(7-11)15(19)20-2/h3-8,18H,9H2,1-2H3. The fourth-order valence-corrected chi connectivity index (χ4v) is 1.70. The second-order valence-corrected chi connectivity index (χ2v) is 4.37. The van der Waals surface area contributed by atoms with Gasteiger partial charge in [0.25, 0.3) is 0 Å². The zero-order chi connectivity index (χ0) is 14.5. The number of aromatic nitrogens is 1. The Morgan fingerprint density at radius 1 is 1.35 bits per heavy atom. The van der Waals surface area contributed by atoms with E-state index in [2.05, 4.69) is 15.0 Å². The lowest BCUT2D eigenvalue weighted by Gasteiger charge is -2.08. The van der Waals surface area contributed by atoms with Crippen LogP contribution in [0.25, 0.3) is 0 Å². The van der Waals surface area contributed by atoms with Gasteiger partial charge in [-0.15, -0.1) is 0 Å². The maximum absolute atomic E-state index is 13.5. The molecule has 2 aromatic rings. The summed E-state index contributed by atoms with van der Waals surface area (Å²) in [6.45, 7) is 2.46. The van der Waals surface area contributed by atoms with Crippen molar-refractivity contribution < 1.29 is 13.9 Å². The molecule has 0 aliphatic carbocycles. The van der Waals surface area contributed by atoms with E-state index in [1.54, 1.807) is 12.3 Å². The molecule has 0 unspecified atom stereocenters. The minimum Gasteiger partial charge on any atom is -0.465 e. The van der Waals surface area contributed by atoms with Gasteiger partial charge in [-0.05, 0) is 36.8 Å². The van der Waals surface area contributed by atoms with Crippen molar-refractivity contribution in [2.24, 2.45) is 0 Å². The van der Waals surface area contributed by atoms with Crippen molar-refractivity contribution >= 4 is 11.7 Å². The van der Waals surface area contributed by atoms with Gasteiger partial charge in [0.1, 0.15) is 5.82 Å². The van der Waals surface area contributed by atoms with E-state index in [1.807, 2.05) is 19.1 Å². The van der Waals surface area contributed by atoms with Crippen molar-refractivity contribution in [3.63, 3.8) is 0 Å². The van der Waals surface area contributed by atoms with Crippen molar-refractivity contribution in [3.05, 3.63) is 59.2 Å². The van der Waals surface area contributed by atoms with Crippen LogP contribution in [0, 0.1) is 12.7 Å². The number of methoxy groups -OCH3 is 1. The number of anilines is 1. The molecule has 104 valence electrons. The molecule has 0 atom stereocenters. The lowest BCUT2D eigenvalue weighted by Crippen LogP contribution is -2.07. The summed E-state index contributed by atoms with van der Waals surface area (Å²) in [5.74, 6) is -1.30. The summed E-state index contributed by atoms with van der Waals surface area (Å²) in [6.07, 6.45) is 1.78. The third kappa shape index (κ3) is 3.32. The van der Waals surface area contributed by atoms with Crippen LogP contribution in [-0.2, 0) is 11.3 Å². The Labute approximate surface area is 116 Å². The number of pyridine rings is 1. The summed E-state index contributed by atoms with van der Waals surface area (Å²) in [7, 11) is 1.22. The quantitative estimate of drug-likeness (QED) is 0.871. The SMILES string of the molecule is COC(=O)c1cc(NCc2ccc(C)cn2)ccc1F. The topological polar surface area (TPSA) is 51.2 Å². The number of hydrogen-bond donors (Lipinski definition) is 1. The first-order valence-corrected chi connectivity index (χ1v) is 6.13. The fourth-order valence-electron chi connectivity index (χ4n) is 1.70. The predicted octanol–water partition coefficient (Wildman–Crippen LogP) is 2.93. The number of esters is 1. The number of ether oxygens (including phenoxy) is 1. The highest BCUT2D eigenvalue weighted by molar-refractivity contribution is 5.90. The highest BCUT2D eigenvalue weighted by atomic mass is 19.1. The van der Waals surface area contributed by atoms with E-state index in [9.17, 15) is 9.18 Å². The Morgan fingerprint density at radius 2 is 2.15 bits per heavy atom. The second kappa shape index (κ2) is 6.14. The molecule has 1 aromatic heterocycles. The summed E-state index contributed by atoms with van der Waals surface area (Å²) < 4.78 is 18.0. The van der Waals surface area contributed by atoms with Crippen LogP contribution in [0.3, 0.4) is 0 Å². The van der Waals surface area contributed by atoms with E-state index in [4.69, 9.17) is 0 Å². The van der Waals surface area contributed by atoms with Crippen LogP contribution >= 0.6 is 0 Å². The van der Waals surface area contributed by atoms with Crippen molar-refractivity contribution in [2.45, 2.75) is 13.5 Å². The Bertz CT molecular complexity index is 612. The monoisotopic (exact) mass is 274 g/mol. The van der Waals surface area contributed by atoms with Gasteiger partial charge in [-0.3, -0.25) is 4.98 Å². The predicted molar refractivity (Wildman–Crippen MR) is 74.0 cm³/mol. The molecular weight excluding hydrogens is 259 g/mol. The molecular formula is C15H15FN2O2. The maximum Gasteiger partial charge on any atom is 0.340 e. The molecule has 0 spiro atoms. The summed E-state index contributed by atoms with van der Waals surface area (Å²) >= 11 is 0. The van der Waals surface area contributed by atoms with Crippen molar-refractivity contribution in [1.82, 2.24) is 4.98 Å². The number of rotatable bonds is 4. The Kier molecular flexibility index (Phi) is 4.30. The van der Waals surface area contributed by atoms with Gasteiger partial charge in [-0.25, -0.2) is 9.18 Å². The zero-order valence-corrected chi connectivity index (χ0v) is 11.3. The third-order valence-corrected chi connectivity index (χ3v) is 2.82. The van der Waals surface area contributed by atoms with E-state index in [0.717, 1.165) is 11.3 Å². The molecule has 0 radical (unpaired) electrons. The van der Waals surface area contributed by atoms with Crippen LogP contribution < -0.4 is 5.32 Å². The minimum absolute atomic E-state index is 0.0886. The molecule has 0 aliphatic heterocycles. The molecule has 1 N–H and O–H groups in total. The van der Waals surface area contributed by atoms with Gasteiger partial charge in [-0.1, -0.05) is 6.07 Å². The van der Waals surface area contributed by atoms with Gasteiger partial charge in [-0.2, -0.15) is 0 Å². The van der Waals surface area contributed by atoms with Crippen LogP contribution in [0.2, 0.25) is 0 Å². The summed E-state index contributed by atoms with van der Waals surface area (Å²) in [5, 5.41) is 3.09. The van der Waals surface area contributed by atoms with Crippen molar-refractivity contribution in [2.75, 3.05) is 12.4 Å². The fraction of sp³-hybridized carbons (Fsp3) is 0.200. The molecule has 4 nitrogen and oxygen atoms in total. The number of carbonyl (C=O) groups is 1. The summed E-state index contributed by atoms with van der Waals surface area (Å²) in [4.78, 5) is 15.7. The normalized spacial score (nSPS) is 10.2. The summed E-state index contributed by atoms with van der Waals surface area (Å²) in [6, 6.07) is 8.10. The van der Waals surface area contributed by atoms with Gasteiger partial charge in [0, 0.05) is 11.9 Å². The molecule has 0 amide bonds. The van der Waals surface area contributed by atoms with Crippen molar-refractivity contribution in [3.8, 4) is 0 Å². The molecule has 0 bridgehead atoms. The van der Waals surface area contributed by atoms with E-state index >= 15 is 0 Å². The van der Waals surface area contributed by atoms with E-state index in [1.165, 1.54) is 19.2 Å². The molecule has 2 rings (SSSR count). The lowest BCUT2D eigenvalue weighted by molar-refractivity contribution is 0.0595. The Hall–Kier alpha value is -2.43. The van der Waals surface area contributed by atoms with Gasteiger partial charge in [0.15, 0.2) is 0 Å². The molecule has 5 heteroatoms. The average Bonchev–Trinajstić information content (AvgIpc) is 2.47. The smallest absolute Gasteiger partial charge is 0.340 e. The number of hydrogen-bond acceptors (Lipinski definition) is 4. The first kappa shape index (κ1) is 14.0. The van der Waals surface area contributed by atoms with Gasteiger partial charge in [0.05, 0.1) is 24.9 Å². The Morgan fingerprint density at radius 3 is 2.80 bits per heavy atom. The number of nitrogens with one attached hydrogen (secondary N) is 1. The number of nitrogens with zero attached hydrogens (tertiary/aromatic N) is 1. The number of aryl methyl sites for hydroxylation is 1. The maximum atomic E-state index is 13.5. The van der Waals surface area contributed by atoms with Crippen LogP contribution in [0.4, 0.5) is 10.1 Å². The van der Waals surface area contributed by atoms with Crippen LogP contribution in [0.15, 0.2) is 36.5 Å². The van der Waals surface area contributed by atoms with E-state index in [-0.39, 0.29) is 5.56 Å². The highest BCUT2D eigenvalue weighted by Gasteiger charge is 2.12. The lowest BCUT2D eigenvalue weighted by atomic mass is 10.2. The largest absolute Gasteiger partial charge is 0.465 e. The van der Waals surface area contributed by atoms with Gasteiger partial charge >= 0.3 is 5.97 Å². The number of halogens is 1. The summed E-state index contributed by atoms with van der Waals surface area (Å²) in [5.41, 5.74) is 2.49. The second-order valence-electron chi connectivity index (χ2n) is 4.37. The van der Waals surface area contributed by atoms with E-state index in [0.29, 0.717) is 12.2 Å². The number of carbonyl (C=O) groups excluding carboxylic acids is 1. The number of benzene rings is 1. The average molecular weight is 274 g/mol. The minimum atomic E-state index is -0.695. The molecule has 20 heavy (non-hydrogen) atoms. The van der Waals surface area contributed by atoms with Crippen molar-refractivity contribution in [1.29, 1.82) is 0 Å². The zero-order valence-electron chi connectivity index (χ0n) is 11.3.